The van der Waals surface area contributed by atoms with Crippen molar-refractivity contribution < 1.29 is 9.59 Å². The van der Waals surface area contributed by atoms with Crippen molar-refractivity contribution >= 4 is 12.2 Å². The summed E-state index contributed by atoms with van der Waals surface area (Å²) in [5, 5.41) is 3.12. The molecule has 19 heavy (non-hydrogen) atoms. The summed E-state index contributed by atoms with van der Waals surface area (Å²) in [4.78, 5) is 23.5. The van der Waals surface area contributed by atoms with Crippen molar-refractivity contribution in [3.05, 3.63) is 0 Å². The minimum atomic E-state index is -0.543. The summed E-state index contributed by atoms with van der Waals surface area (Å²) in [6.07, 6.45) is 2.42. The Bertz CT molecular complexity index is 328. The van der Waals surface area contributed by atoms with E-state index in [4.69, 9.17) is 0 Å². The number of amides is 1. The molecule has 0 saturated carbocycles. The van der Waals surface area contributed by atoms with Crippen molar-refractivity contribution in [3.8, 4) is 0 Å². The van der Waals surface area contributed by atoms with Gasteiger partial charge in [-0.05, 0) is 32.6 Å². The Morgan fingerprint density at radius 3 is 1.95 bits per heavy atom. The van der Waals surface area contributed by atoms with E-state index in [0.717, 1.165) is 12.7 Å². The number of rotatable bonds is 7. The lowest BCUT2D eigenvalue weighted by Gasteiger charge is -2.35. The fourth-order valence-electron chi connectivity index (χ4n) is 2.81. The summed E-state index contributed by atoms with van der Waals surface area (Å²) in [6.45, 7) is 15.9. The number of hydrogen-bond acceptors (Lipinski definition) is 2. The second-order valence-corrected chi connectivity index (χ2v) is 8.10. The summed E-state index contributed by atoms with van der Waals surface area (Å²) in [6, 6.07) is 0. The van der Waals surface area contributed by atoms with Crippen LogP contribution in [0.5, 0.6) is 0 Å². The van der Waals surface area contributed by atoms with Gasteiger partial charge in [-0.2, -0.15) is 0 Å². The van der Waals surface area contributed by atoms with Gasteiger partial charge in [0.05, 0.1) is 0 Å². The summed E-state index contributed by atoms with van der Waals surface area (Å²) < 4.78 is 0. The molecule has 0 saturated heterocycles. The minimum absolute atomic E-state index is 0.0214. The van der Waals surface area contributed by atoms with E-state index in [2.05, 4.69) is 19.2 Å². The maximum absolute atomic E-state index is 12.4. The Kier molecular flexibility index (Phi) is 5.79. The fraction of sp³-hybridized carbons (Fsp3) is 0.875. The third kappa shape index (κ3) is 6.74. The van der Waals surface area contributed by atoms with Gasteiger partial charge >= 0.3 is 0 Å². The Morgan fingerprint density at radius 1 is 1.11 bits per heavy atom. The number of carbonyl (C=O) groups is 2. The van der Waals surface area contributed by atoms with Crippen LogP contribution in [0.3, 0.4) is 0 Å². The largest absolute Gasteiger partial charge is 0.351 e. The number of nitrogens with one attached hydrogen (secondary N) is 1. The van der Waals surface area contributed by atoms with Gasteiger partial charge in [0.15, 0.2) is 0 Å². The van der Waals surface area contributed by atoms with Crippen LogP contribution >= 0.6 is 0 Å². The Labute approximate surface area is 118 Å². The van der Waals surface area contributed by atoms with Crippen LogP contribution in [0.25, 0.3) is 0 Å². The van der Waals surface area contributed by atoms with Gasteiger partial charge in [0, 0.05) is 16.4 Å². The monoisotopic (exact) mass is 269 g/mol. The van der Waals surface area contributed by atoms with Gasteiger partial charge < -0.3 is 10.1 Å². The lowest BCUT2D eigenvalue weighted by molar-refractivity contribution is -0.133. The van der Waals surface area contributed by atoms with Crippen molar-refractivity contribution in [2.45, 2.75) is 73.8 Å². The lowest BCUT2D eigenvalue weighted by atomic mass is 9.75. The Morgan fingerprint density at radius 2 is 1.58 bits per heavy atom. The molecule has 0 heterocycles. The highest BCUT2D eigenvalue weighted by atomic mass is 16.2. The van der Waals surface area contributed by atoms with E-state index in [9.17, 15) is 9.59 Å². The van der Waals surface area contributed by atoms with Crippen LogP contribution in [0.15, 0.2) is 0 Å². The quantitative estimate of drug-likeness (QED) is 0.718. The number of hydrogen-bond donors (Lipinski definition) is 1. The van der Waals surface area contributed by atoms with E-state index in [1.165, 1.54) is 0 Å². The normalized spacial score (nSPS) is 13.5. The van der Waals surface area contributed by atoms with Gasteiger partial charge in [0.1, 0.15) is 6.29 Å². The van der Waals surface area contributed by atoms with Crippen LogP contribution in [0.4, 0.5) is 0 Å². The van der Waals surface area contributed by atoms with E-state index < -0.39 is 10.8 Å². The average molecular weight is 269 g/mol. The molecule has 0 unspecified atom stereocenters. The van der Waals surface area contributed by atoms with Gasteiger partial charge in [-0.1, -0.05) is 41.5 Å². The zero-order valence-corrected chi connectivity index (χ0v) is 13.9. The van der Waals surface area contributed by atoms with Crippen molar-refractivity contribution in [3.63, 3.8) is 0 Å². The molecule has 3 heteroatoms. The fourth-order valence-corrected chi connectivity index (χ4v) is 2.81. The summed E-state index contributed by atoms with van der Waals surface area (Å²) in [5.41, 5.74) is -1.23. The molecule has 0 aliphatic carbocycles. The standard InChI is InChI=1S/C16H31NO2/c1-12(2)9-16(7,8)17-13(19)15(5,6)10-14(3,4)11-18/h11-12H,9-10H2,1-8H3,(H,17,19). The maximum Gasteiger partial charge on any atom is 0.226 e. The molecule has 1 N–H and O–H groups in total. The van der Waals surface area contributed by atoms with Crippen LogP contribution in [0.1, 0.15) is 68.2 Å². The van der Waals surface area contributed by atoms with Crippen LogP contribution < -0.4 is 5.32 Å². The molecule has 0 fully saturated rings. The molecule has 0 atom stereocenters. The second kappa shape index (κ2) is 6.06. The first kappa shape index (κ1) is 18.1. The molecule has 0 aliphatic heterocycles. The molecular weight excluding hydrogens is 238 g/mol. The number of aldehydes is 1. The smallest absolute Gasteiger partial charge is 0.226 e. The molecule has 0 rings (SSSR count). The molecule has 0 radical (unpaired) electrons. The van der Waals surface area contributed by atoms with Gasteiger partial charge in [-0.25, -0.2) is 0 Å². The molecule has 0 aliphatic rings. The van der Waals surface area contributed by atoms with E-state index in [-0.39, 0.29) is 11.4 Å². The molecular formula is C16H31NO2. The lowest BCUT2D eigenvalue weighted by Crippen LogP contribution is -2.50. The Balaban J connectivity index is 4.77. The maximum atomic E-state index is 12.4. The van der Waals surface area contributed by atoms with Gasteiger partial charge in [0.2, 0.25) is 5.91 Å². The predicted octanol–water partition coefficient (Wildman–Crippen LogP) is 3.57. The van der Waals surface area contributed by atoms with Crippen molar-refractivity contribution in [2.24, 2.45) is 16.7 Å². The first-order valence-corrected chi connectivity index (χ1v) is 7.10. The topological polar surface area (TPSA) is 46.2 Å². The highest BCUT2D eigenvalue weighted by Crippen LogP contribution is 2.33. The van der Waals surface area contributed by atoms with Gasteiger partial charge in [-0.15, -0.1) is 0 Å². The minimum Gasteiger partial charge on any atom is -0.351 e. The molecule has 1 amide bonds. The SMILES string of the molecule is CC(C)CC(C)(C)NC(=O)C(C)(C)CC(C)(C)C=O. The molecule has 0 spiro atoms. The van der Waals surface area contributed by atoms with Gasteiger partial charge in [-0.3, -0.25) is 4.79 Å². The van der Waals surface area contributed by atoms with Crippen molar-refractivity contribution in [1.82, 2.24) is 5.32 Å². The third-order valence-electron chi connectivity index (χ3n) is 3.20. The molecule has 0 aromatic carbocycles. The summed E-state index contributed by atoms with van der Waals surface area (Å²) in [7, 11) is 0. The molecule has 112 valence electrons. The van der Waals surface area contributed by atoms with Crippen LogP contribution in [0.2, 0.25) is 0 Å². The third-order valence-corrected chi connectivity index (χ3v) is 3.20. The van der Waals surface area contributed by atoms with Crippen LogP contribution in [-0.4, -0.2) is 17.7 Å². The first-order valence-electron chi connectivity index (χ1n) is 7.10. The Hall–Kier alpha value is -0.860. The van der Waals surface area contributed by atoms with E-state index in [1.54, 1.807) is 0 Å². The summed E-state index contributed by atoms with van der Waals surface area (Å²) >= 11 is 0. The zero-order chi connectivity index (χ0) is 15.5. The average Bonchev–Trinajstić information content (AvgIpc) is 2.12. The van der Waals surface area contributed by atoms with Crippen LogP contribution in [0, 0.1) is 16.7 Å². The zero-order valence-electron chi connectivity index (χ0n) is 13.9. The molecule has 3 nitrogen and oxygen atoms in total. The number of carbonyl (C=O) groups excluding carboxylic acids is 2. The highest BCUT2D eigenvalue weighted by molar-refractivity contribution is 5.83. The van der Waals surface area contributed by atoms with E-state index in [1.807, 2.05) is 41.5 Å². The predicted molar refractivity (Wildman–Crippen MR) is 79.9 cm³/mol. The highest BCUT2D eigenvalue weighted by Gasteiger charge is 2.36. The molecule has 0 aromatic rings. The van der Waals surface area contributed by atoms with E-state index >= 15 is 0 Å². The van der Waals surface area contributed by atoms with Crippen LogP contribution in [-0.2, 0) is 9.59 Å². The van der Waals surface area contributed by atoms with Crippen molar-refractivity contribution in [1.29, 1.82) is 0 Å². The molecule has 0 aromatic heterocycles. The van der Waals surface area contributed by atoms with Gasteiger partial charge in [0.25, 0.3) is 0 Å². The second-order valence-electron chi connectivity index (χ2n) is 8.10. The van der Waals surface area contributed by atoms with E-state index in [0.29, 0.717) is 12.3 Å². The first-order chi connectivity index (χ1) is 8.31. The van der Waals surface area contributed by atoms with Crippen molar-refractivity contribution in [2.75, 3.05) is 0 Å². The molecule has 0 bridgehead atoms. The summed E-state index contributed by atoms with van der Waals surface area (Å²) in [5.74, 6) is 0.554.